The summed E-state index contributed by atoms with van der Waals surface area (Å²) in [6, 6.07) is 8.85. The van der Waals surface area contributed by atoms with Crippen molar-refractivity contribution in [3.05, 3.63) is 53.2 Å². The maximum atomic E-state index is 4.32. The minimum Gasteiger partial charge on any atom is -0.249 e. The Morgan fingerprint density at radius 1 is 1.33 bits per heavy atom. The highest BCUT2D eigenvalue weighted by atomic mass is 32.1. The van der Waals surface area contributed by atoms with Gasteiger partial charge in [0.25, 0.3) is 0 Å². The first-order valence-corrected chi connectivity index (χ1v) is 7.30. The van der Waals surface area contributed by atoms with Crippen LogP contribution in [0.25, 0.3) is 10.4 Å². The molecule has 0 saturated carbocycles. The van der Waals surface area contributed by atoms with Gasteiger partial charge in [0, 0.05) is 0 Å². The van der Waals surface area contributed by atoms with E-state index < -0.39 is 0 Å². The van der Waals surface area contributed by atoms with E-state index in [0.29, 0.717) is 0 Å². The zero-order valence-corrected chi connectivity index (χ0v) is 11.8. The van der Waals surface area contributed by atoms with Crippen LogP contribution >= 0.6 is 11.3 Å². The fraction of sp³-hybridized carbons (Fsp3) is 0.312. The molecular formula is C16H19NS. The minimum absolute atomic E-state index is 1.13. The highest BCUT2D eigenvalue weighted by Gasteiger charge is 2.04. The Labute approximate surface area is 113 Å². The molecule has 0 saturated heterocycles. The number of aromatic nitrogens is 1. The predicted molar refractivity (Wildman–Crippen MR) is 80.0 cm³/mol. The Balaban J connectivity index is 2.08. The number of unbranched alkanes of at least 4 members (excludes halogenated alkanes) is 1. The molecule has 1 aromatic carbocycles. The number of rotatable bonds is 5. The van der Waals surface area contributed by atoms with Crippen LogP contribution in [0.15, 0.2) is 41.9 Å². The lowest BCUT2D eigenvalue weighted by molar-refractivity contribution is 0.842. The van der Waals surface area contributed by atoms with Gasteiger partial charge in [-0.2, -0.15) is 0 Å². The lowest BCUT2D eigenvalue weighted by atomic mass is 10.0. The van der Waals surface area contributed by atoms with Crippen molar-refractivity contribution in [2.75, 3.05) is 0 Å². The Morgan fingerprint density at radius 3 is 2.94 bits per heavy atom. The van der Waals surface area contributed by atoms with E-state index in [4.69, 9.17) is 0 Å². The zero-order valence-electron chi connectivity index (χ0n) is 11.0. The molecule has 0 aliphatic carbocycles. The van der Waals surface area contributed by atoms with Crippen LogP contribution in [0.5, 0.6) is 0 Å². The lowest BCUT2D eigenvalue weighted by Gasteiger charge is -2.04. The number of allylic oxidation sites excluding steroid dienone is 2. The molecule has 0 aliphatic rings. The number of hydrogen-bond acceptors (Lipinski definition) is 2. The topological polar surface area (TPSA) is 12.9 Å². The van der Waals surface area contributed by atoms with Gasteiger partial charge in [0.1, 0.15) is 0 Å². The molecule has 0 atom stereocenters. The second-order valence-electron chi connectivity index (χ2n) is 4.43. The average molecular weight is 257 g/mol. The third kappa shape index (κ3) is 3.30. The number of thiazole rings is 1. The van der Waals surface area contributed by atoms with Crippen LogP contribution in [0.1, 0.15) is 31.0 Å². The molecule has 0 N–H and O–H groups in total. The average Bonchev–Trinajstić information content (AvgIpc) is 2.81. The van der Waals surface area contributed by atoms with Gasteiger partial charge >= 0.3 is 0 Å². The zero-order chi connectivity index (χ0) is 12.8. The van der Waals surface area contributed by atoms with E-state index in [1.54, 1.807) is 11.3 Å². The van der Waals surface area contributed by atoms with Crippen LogP contribution in [0, 0.1) is 6.92 Å². The summed E-state index contributed by atoms with van der Waals surface area (Å²) in [7, 11) is 0. The molecule has 0 amide bonds. The van der Waals surface area contributed by atoms with E-state index >= 15 is 0 Å². The van der Waals surface area contributed by atoms with E-state index in [0.717, 1.165) is 12.1 Å². The van der Waals surface area contributed by atoms with Gasteiger partial charge in [0.2, 0.25) is 0 Å². The van der Waals surface area contributed by atoms with E-state index in [9.17, 15) is 0 Å². The van der Waals surface area contributed by atoms with E-state index in [-0.39, 0.29) is 0 Å². The summed E-state index contributed by atoms with van der Waals surface area (Å²) in [6.45, 7) is 4.15. The van der Waals surface area contributed by atoms with Gasteiger partial charge in [0.15, 0.2) is 0 Å². The van der Waals surface area contributed by atoms with E-state index in [2.05, 4.69) is 55.2 Å². The summed E-state index contributed by atoms with van der Waals surface area (Å²) in [6.07, 6.45) is 7.89. The van der Waals surface area contributed by atoms with Gasteiger partial charge < -0.3 is 0 Å². The van der Waals surface area contributed by atoms with Gasteiger partial charge in [0.05, 0.1) is 16.1 Å². The largest absolute Gasteiger partial charge is 0.249 e. The Hall–Kier alpha value is -1.41. The molecule has 2 rings (SSSR count). The Morgan fingerprint density at radius 2 is 2.22 bits per heavy atom. The molecule has 2 heteroatoms. The van der Waals surface area contributed by atoms with Gasteiger partial charge in [-0.05, 0) is 44.2 Å². The smallest absolute Gasteiger partial charge is 0.0801 e. The molecule has 18 heavy (non-hydrogen) atoms. The molecule has 94 valence electrons. The molecule has 0 spiro atoms. The fourth-order valence-electron chi connectivity index (χ4n) is 2.04. The maximum Gasteiger partial charge on any atom is 0.0801 e. The summed E-state index contributed by atoms with van der Waals surface area (Å²) in [4.78, 5) is 5.62. The summed E-state index contributed by atoms with van der Waals surface area (Å²) in [5.41, 5.74) is 5.78. The third-order valence-electron chi connectivity index (χ3n) is 3.01. The van der Waals surface area contributed by atoms with Gasteiger partial charge in [-0.1, -0.05) is 36.4 Å². The standard InChI is InChI=1S/C16H19NS/c1-3-4-5-6-8-14-9-7-10-15(11-14)16-13(2)17-12-18-16/h3-4,7,9-12H,5-6,8H2,1-2H3/b4-3-. The summed E-state index contributed by atoms with van der Waals surface area (Å²) in [5.74, 6) is 0. The number of benzene rings is 1. The lowest BCUT2D eigenvalue weighted by Crippen LogP contribution is -1.86. The van der Waals surface area contributed by atoms with Crippen molar-refractivity contribution in [3.8, 4) is 10.4 Å². The predicted octanol–water partition coefficient (Wildman–Crippen LogP) is 5.02. The third-order valence-corrected chi connectivity index (χ3v) is 3.98. The second-order valence-corrected chi connectivity index (χ2v) is 5.28. The van der Waals surface area contributed by atoms with Crippen molar-refractivity contribution in [2.45, 2.75) is 33.1 Å². The van der Waals surface area contributed by atoms with Crippen molar-refractivity contribution in [2.24, 2.45) is 0 Å². The van der Waals surface area contributed by atoms with Crippen LogP contribution in [0.3, 0.4) is 0 Å². The quantitative estimate of drug-likeness (QED) is 0.541. The summed E-state index contributed by atoms with van der Waals surface area (Å²) < 4.78 is 0. The molecule has 1 heterocycles. The first-order valence-electron chi connectivity index (χ1n) is 6.42. The maximum absolute atomic E-state index is 4.32. The second kappa shape index (κ2) is 6.50. The first kappa shape index (κ1) is 13.0. The van der Waals surface area contributed by atoms with Crippen LogP contribution in [-0.2, 0) is 6.42 Å². The van der Waals surface area contributed by atoms with Crippen LogP contribution in [0.4, 0.5) is 0 Å². The van der Waals surface area contributed by atoms with Crippen molar-refractivity contribution >= 4 is 11.3 Å². The fourth-order valence-corrected chi connectivity index (χ4v) is 2.84. The van der Waals surface area contributed by atoms with E-state index in [1.807, 2.05) is 5.51 Å². The molecule has 0 aliphatic heterocycles. The van der Waals surface area contributed by atoms with Crippen LogP contribution < -0.4 is 0 Å². The van der Waals surface area contributed by atoms with Crippen LogP contribution in [0.2, 0.25) is 0 Å². The monoisotopic (exact) mass is 257 g/mol. The molecule has 0 bridgehead atoms. The molecular weight excluding hydrogens is 238 g/mol. The summed E-state index contributed by atoms with van der Waals surface area (Å²) >= 11 is 1.72. The Kier molecular flexibility index (Phi) is 4.71. The molecule has 2 aromatic rings. The van der Waals surface area contributed by atoms with Crippen molar-refractivity contribution in [1.29, 1.82) is 0 Å². The highest BCUT2D eigenvalue weighted by molar-refractivity contribution is 7.13. The number of hydrogen-bond donors (Lipinski definition) is 0. The van der Waals surface area contributed by atoms with Gasteiger partial charge in [-0.3, -0.25) is 0 Å². The van der Waals surface area contributed by atoms with Gasteiger partial charge in [-0.25, -0.2) is 4.98 Å². The number of aryl methyl sites for hydroxylation is 2. The highest BCUT2D eigenvalue weighted by Crippen LogP contribution is 2.27. The Bertz CT molecular complexity index is 525. The molecule has 0 fully saturated rings. The minimum atomic E-state index is 1.13. The number of nitrogens with zero attached hydrogens (tertiary/aromatic N) is 1. The molecule has 0 radical (unpaired) electrons. The van der Waals surface area contributed by atoms with Crippen molar-refractivity contribution in [3.63, 3.8) is 0 Å². The van der Waals surface area contributed by atoms with Crippen LogP contribution in [-0.4, -0.2) is 4.98 Å². The first-order chi connectivity index (χ1) is 8.81. The van der Waals surface area contributed by atoms with Crippen molar-refractivity contribution < 1.29 is 0 Å². The molecule has 1 nitrogen and oxygen atoms in total. The van der Waals surface area contributed by atoms with Gasteiger partial charge in [-0.15, -0.1) is 11.3 Å². The summed E-state index contributed by atoms with van der Waals surface area (Å²) in [5, 5.41) is 0. The van der Waals surface area contributed by atoms with E-state index in [1.165, 1.54) is 28.8 Å². The molecule has 1 aromatic heterocycles. The SMILES string of the molecule is C/C=C\CCCc1cccc(-c2scnc2C)c1. The van der Waals surface area contributed by atoms with Crippen molar-refractivity contribution in [1.82, 2.24) is 4.98 Å². The molecule has 0 unspecified atom stereocenters. The normalized spacial score (nSPS) is 11.2.